The van der Waals surface area contributed by atoms with Gasteiger partial charge in [-0.25, -0.2) is 9.59 Å². The predicted molar refractivity (Wildman–Crippen MR) is 143 cm³/mol. The quantitative estimate of drug-likeness (QED) is 0.168. The van der Waals surface area contributed by atoms with E-state index in [1.54, 1.807) is 31.2 Å². The van der Waals surface area contributed by atoms with E-state index in [-0.39, 0.29) is 6.42 Å². The molecule has 2 rings (SSSR count). The second-order valence-corrected chi connectivity index (χ2v) is 16.2. The highest BCUT2D eigenvalue weighted by Crippen LogP contribution is 2.12. The number of carbonyl (C=O) groups excluding carboxylic acids is 2. The summed E-state index contributed by atoms with van der Waals surface area (Å²) in [5.41, 5.74) is 8.26. The summed E-state index contributed by atoms with van der Waals surface area (Å²) >= 11 is 0. The molecule has 0 heterocycles. The molecule has 0 amide bonds. The molecule has 0 fully saturated rings. The Labute approximate surface area is 209 Å². The van der Waals surface area contributed by atoms with Gasteiger partial charge in [-0.05, 0) is 24.3 Å². The highest BCUT2D eigenvalue weighted by atomic mass is 28.3. The van der Waals surface area contributed by atoms with Crippen LogP contribution in [0.2, 0.25) is 13.1 Å². The van der Waals surface area contributed by atoms with Gasteiger partial charge in [0.2, 0.25) is 6.29 Å². The van der Waals surface area contributed by atoms with Gasteiger partial charge in [0.05, 0.1) is 11.1 Å². The van der Waals surface area contributed by atoms with Crippen LogP contribution in [-0.4, -0.2) is 34.4 Å². The average Bonchev–Trinajstić information content (AvgIpc) is 2.92. The van der Waals surface area contributed by atoms with Gasteiger partial charge in [0.15, 0.2) is 0 Å². The minimum Gasteiger partial charge on any atom is -0.290 e. The van der Waals surface area contributed by atoms with Gasteiger partial charge in [-0.1, -0.05) is 77.5 Å². The van der Waals surface area contributed by atoms with Crippen molar-refractivity contribution < 1.29 is 29.1 Å². The van der Waals surface area contributed by atoms with Gasteiger partial charge in [0, 0.05) is 6.42 Å². The number of rotatable bonds is 13. The van der Waals surface area contributed by atoms with Gasteiger partial charge >= 0.3 is 11.9 Å². The number of hydrogen-bond donors (Lipinski definition) is 0. The lowest BCUT2D eigenvalue weighted by atomic mass is 10.2. The van der Waals surface area contributed by atoms with Crippen LogP contribution in [0.3, 0.4) is 0 Å². The van der Waals surface area contributed by atoms with E-state index in [4.69, 9.17) is 19.6 Å². The molecule has 0 saturated carbocycles. The van der Waals surface area contributed by atoms with E-state index in [9.17, 15) is 9.59 Å². The topological polar surface area (TPSA) is 71.1 Å². The third-order valence-corrected chi connectivity index (χ3v) is 12.5. The number of carbonyl (C=O) groups is 2. The van der Waals surface area contributed by atoms with E-state index in [1.807, 2.05) is 47.1 Å². The van der Waals surface area contributed by atoms with Gasteiger partial charge < -0.3 is 0 Å². The Kier molecular flexibility index (Phi) is 9.91. The van der Waals surface area contributed by atoms with Crippen LogP contribution in [0.1, 0.15) is 34.1 Å². The van der Waals surface area contributed by atoms with E-state index in [1.165, 1.54) is 0 Å². The molecule has 0 N–H and O–H groups in total. The van der Waals surface area contributed by atoms with Gasteiger partial charge in [0.1, 0.15) is 16.1 Å². The zero-order chi connectivity index (χ0) is 26.1. The zero-order valence-electron chi connectivity index (χ0n) is 20.5. The van der Waals surface area contributed by atoms with Crippen LogP contribution < -0.4 is 10.4 Å². The van der Waals surface area contributed by atoms with E-state index in [0.717, 1.165) is 10.4 Å². The second-order valence-electron chi connectivity index (χ2n) is 8.31. The normalized spacial score (nSPS) is 11.4. The highest BCUT2D eigenvalue weighted by Gasteiger charge is 2.24. The predicted octanol–water partition coefficient (Wildman–Crippen LogP) is 4.77. The van der Waals surface area contributed by atoms with Crippen molar-refractivity contribution in [1.82, 2.24) is 0 Å². The molecular weight excluding hydrogens is 476 g/mol. The van der Waals surface area contributed by atoms with Crippen molar-refractivity contribution in [2.45, 2.75) is 32.7 Å². The summed E-state index contributed by atoms with van der Waals surface area (Å²) in [6.45, 7) is 21.5. The lowest BCUT2D eigenvalue weighted by Crippen LogP contribution is -2.40. The summed E-state index contributed by atoms with van der Waals surface area (Å²) in [5.74, 6) is -1.39. The SMILES string of the molecule is C=C[Si](C)(C=C)c1ccc(C(=O)OOC(CC)OOC(=O)c2ccc([Si](C)(C=C)C=C)cc2)cc1. The molecule has 0 saturated heterocycles. The monoisotopic (exact) mass is 508 g/mol. The summed E-state index contributed by atoms with van der Waals surface area (Å²) in [6, 6.07) is 14.0. The molecule has 0 aliphatic rings. The molecule has 0 unspecified atom stereocenters. The van der Waals surface area contributed by atoms with Crippen LogP contribution in [0.4, 0.5) is 0 Å². The van der Waals surface area contributed by atoms with E-state index in [0.29, 0.717) is 11.1 Å². The van der Waals surface area contributed by atoms with Gasteiger partial charge in [0.25, 0.3) is 0 Å². The maximum absolute atomic E-state index is 12.3. The summed E-state index contributed by atoms with van der Waals surface area (Å²) in [4.78, 5) is 44.5. The van der Waals surface area contributed by atoms with Crippen molar-refractivity contribution in [2.75, 3.05) is 0 Å². The average molecular weight is 509 g/mol. The fourth-order valence-electron chi connectivity index (χ4n) is 3.01. The molecule has 0 aliphatic carbocycles. The van der Waals surface area contributed by atoms with Crippen LogP contribution >= 0.6 is 0 Å². The van der Waals surface area contributed by atoms with Crippen LogP contribution in [0.5, 0.6) is 0 Å². The van der Waals surface area contributed by atoms with Gasteiger partial charge in [-0.2, -0.15) is 0 Å². The Morgan fingerprint density at radius 1 is 0.714 bits per heavy atom. The largest absolute Gasteiger partial charge is 0.373 e. The lowest BCUT2D eigenvalue weighted by molar-refractivity contribution is -0.420. The Bertz CT molecular complexity index is 974. The molecule has 0 bridgehead atoms. The van der Waals surface area contributed by atoms with Crippen LogP contribution in [0.25, 0.3) is 0 Å². The lowest BCUT2D eigenvalue weighted by Gasteiger charge is -2.19. The highest BCUT2D eigenvalue weighted by molar-refractivity contribution is 6.99. The van der Waals surface area contributed by atoms with Crippen molar-refractivity contribution in [3.05, 3.63) is 109 Å². The van der Waals surface area contributed by atoms with Crippen LogP contribution in [-0.2, 0) is 19.6 Å². The molecule has 0 spiro atoms. The Balaban J connectivity index is 1.92. The fourth-order valence-corrected chi connectivity index (χ4v) is 6.06. The smallest absolute Gasteiger partial charge is 0.290 e. The first-order valence-electron chi connectivity index (χ1n) is 11.2. The maximum Gasteiger partial charge on any atom is 0.373 e. The first-order valence-corrected chi connectivity index (χ1v) is 16.5. The van der Waals surface area contributed by atoms with E-state index < -0.39 is 34.4 Å². The molecular formula is C27H32O6Si2. The molecule has 0 atom stereocenters. The molecule has 2 aromatic rings. The van der Waals surface area contributed by atoms with Crippen molar-refractivity contribution in [3.63, 3.8) is 0 Å². The van der Waals surface area contributed by atoms with Gasteiger partial charge in [-0.3, -0.25) is 9.78 Å². The first-order chi connectivity index (χ1) is 16.7. The van der Waals surface area contributed by atoms with Crippen LogP contribution in [0.15, 0.2) is 97.6 Å². The third-order valence-electron chi connectivity index (χ3n) is 5.98. The molecule has 35 heavy (non-hydrogen) atoms. The van der Waals surface area contributed by atoms with Crippen molar-refractivity contribution >= 4 is 38.5 Å². The van der Waals surface area contributed by atoms with Crippen LogP contribution in [0, 0.1) is 0 Å². The molecule has 6 nitrogen and oxygen atoms in total. The molecule has 2 aromatic carbocycles. The second kappa shape index (κ2) is 12.4. The number of benzene rings is 2. The molecule has 8 heteroatoms. The zero-order valence-corrected chi connectivity index (χ0v) is 22.5. The fraction of sp³-hybridized carbons (Fsp3) is 0.185. The minimum atomic E-state index is -1.97. The summed E-state index contributed by atoms with van der Waals surface area (Å²) in [6.07, 6.45) is -0.820. The Morgan fingerprint density at radius 3 is 1.29 bits per heavy atom. The summed E-state index contributed by atoms with van der Waals surface area (Å²) in [7, 11) is -3.94. The first kappa shape index (κ1) is 27.9. The maximum atomic E-state index is 12.3. The molecule has 0 aromatic heterocycles. The van der Waals surface area contributed by atoms with Crippen molar-refractivity contribution in [1.29, 1.82) is 0 Å². The number of hydrogen-bond acceptors (Lipinski definition) is 6. The summed E-state index contributed by atoms with van der Waals surface area (Å²) < 4.78 is 0. The standard InChI is InChI=1S/C27H32O6Si2/c1-8-25(30-32-26(28)21-13-17-23(18-14-21)34(6,9-2)10-3)31-33-27(29)22-15-19-24(20-16-22)35(7,11-4)12-5/h9-20,25H,2-5,8H2,1,6-7H3. The third kappa shape index (κ3) is 6.86. The van der Waals surface area contributed by atoms with Crippen molar-refractivity contribution in [2.24, 2.45) is 0 Å². The Hall–Kier alpha value is -3.31. The Morgan fingerprint density at radius 2 is 1.03 bits per heavy atom. The van der Waals surface area contributed by atoms with Gasteiger partial charge in [-0.15, -0.1) is 36.1 Å². The minimum absolute atomic E-state index is 0.268. The molecule has 0 radical (unpaired) electrons. The summed E-state index contributed by atoms with van der Waals surface area (Å²) in [5, 5.41) is 2.13. The van der Waals surface area contributed by atoms with Crippen molar-refractivity contribution in [3.8, 4) is 0 Å². The molecule has 184 valence electrons. The molecule has 0 aliphatic heterocycles. The van der Waals surface area contributed by atoms with E-state index in [2.05, 4.69) is 39.4 Å². The van der Waals surface area contributed by atoms with E-state index >= 15 is 0 Å².